The predicted octanol–water partition coefficient (Wildman–Crippen LogP) is 3.40. The second-order valence-electron chi connectivity index (χ2n) is 3.78. The van der Waals surface area contributed by atoms with Crippen molar-refractivity contribution in [2.24, 2.45) is 0 Å². The first-order valence-corrected chi connectivity index (χ1v) is 5.13. The Kier molecular flexibility index (Phi) is 2.90. The average Bonchev–Trinajstić information content (AvgIpc) is 2.70. The van der Waals surface area contributed by atoms with Crippen LogP contribution >= 0.6 is 0 Å². The molecule has 3 nitrogen and oxygen atoms in total. The fourth-order valence-electron chi connectivity index (χ4n) is 1.31. The van der Waals surface area contributed by atoms with Crippen molar-refractivity contribution in [2.75, 3.05) is 0 Å². The highest BCUT2D eigenvalue weighted by Gasteiger charge is 2.06. The largest absolute Gasteiger partial charge is 0.451 e. The number of halogens is 1. The maximum absolute atomic E-state index is 13.3. The van der Waals surface area contributed by atoms with E-state index >= 15 is 0 Å². The van der Waals surface area contributed by atoms with Gasteiger partial charge in [-0.2, -0.15) is 5.10 Å². The lowest BCUT2D eigenvalue weighted by atomic mass is 10.3. The van der Waals surface area contributed by atoms with E-state index in [0.29, 0.717) is 5.75 Å². The van der Waals surface area contributed by atoms with Crippen LogP contribution in [0.15, 0.2) is 36.7 Å². The van der Waals surface area contributed by atoms with E-state index < -0.39 is 0 Å². The summed E-state index contributed by atoms with van der Waals surface area (Å²) in [6.07, 6.45) is 3.32. The summed E-state index contributed by atoms with van der Waals surface area (Å²) in [7, 11) is 0. The van der Waals surface area contributed by atoms with Gasteiger partial charge in [0.1, 0.15) is 0 Å². The zero-order valence-corrected chi connectivity index (χ0v) is 9.22. The van der Waals surface area contributed by atoms with E-state index in [0.717, 1.165) is 0 Å². The van der Waals surface area contributed by atoms with Crippen LogP contribution in [0.4, 0.5) is 4.39 Å². The van der Waals surface area contributed by atoms with Crippen molar-refractivity contribution in [2.45, 2.75) is 19.9 Å². The summed E-state index contributed by atoms with van der Waals surface area (Å²) in [5.74, 6) is 0.379. The summed E-state index contributed by atoms with van der Waals surface area (Å²) in [6.45, 7) is 4.03. The van der Waals surface area contributed by atoms with Crippen molar-refractivity contribution in [1.29, 1.82) is 0 Å². The second kappa shape index (κ2) is 4.35. The van der Waals surface area contributed by atoms with Gasteiger partial charge < -0.3 is 4.74 Å². The first-order valence-electron chi connectivity index (χ1n) is 5.13. The molecule has 0 spiro atoms. The van der Waals surface area contributed by atoms with E-state index in [1.54, 1.807) is 35.3 Å². The van der Waals surface area contributed by atoms with Gasteiger partial charge in [0.2, 0.25) is 0 Å². The molecule has 0 saturated carbocycles. The quantitative estimate of drug-likeness (QED) is 0.792. The Hall–Kier alpha value is -1.84. The van der Waals surface area contributed by atoms with Crippen molar-refractivity contribution in [3.8, 4) is 11.5 Å². The molecular formula is C12H13FN2O. The zero-order chi connectivity index (χ0) is 11.5. The Morgan fingerprint density at radius 1 is 1.31 bits per heavy atom. The zero-order valence-electron chi connectivity index (χ0n) is 9.22. The monoisotopic (exact) mass is 220 g/mol. The van der Waals surface area contributed by atoms with Gasteiger partial charge >= 0.3 is 0 Å². The first-order chi connectivity index (χ1) is 7.66. The molecule has 1 aromatic carbocycles. The van der Waals surface area contributed by atoms with Gasteiger partial charge in [-0.3, -0.25) is 4.68 Å². The molecule has 0 radical (unpaired) electrons. The number of para-hydroxylation sites is 1. The van der Waals surface area contributed by atoms with E-state index in [1.165, 1.54) is 6.07 Å². The second-order valence-corrected chi connectivity index (χ2v) is 3.78. The predicted molar refractivity (Wildman–Crippen MR) is 59.1 cm³/mol. The molecule has 0 bridgehead atoms. The molecule has 0 amide bonds. The molecule has 4 heteroatoms. The van der Waals surface area contributed by atoms with Crippen LogP contribution in [-0.2, 0) is 0 Å². The van der Waals surface area contributed by atoms with Crippen molar-refractivity contribution >= 4 is 0 Å². The first kappa shape index (κ1) is 10.7. The maximum atomic E-state index is 13.3. The van der Waals surface area contributed by atoms with Crippen molar-refractivity contribution < 1.29 is 9.13 Å². The topological polar surface area (TPSA) is 27.1 Å². The van der Waals surface area contributed by atoms with Gasteiger partial charge in [0.25, 0.3) is 0 Å². The number of rotatable bonds is 3. The minimum absolute atomic E-state index is 0.214. The van der Waals surface area contributed by atoms with E-state index in [1.807, 2.05) is 13.8 Å². The number of hydrogen-bond donors (Lipinski definition) is 0. The SMILES string of the molecule is CC(C)n1cc(Oc2ccccc2F)cn1. The summed E-state index contributed by atoms with van der Waals surface area (Å²) < 4.78 is 20.4. The van der Waals surface area contributed by atoms with Gasteiger partial charge in [-0.1, -0.05) is 12.1 Å². The third-order valence-electron chi connectivity index (χ3n) is 2.17. The number of ether oxygens (including phenoxy) is 1. The molecule has 0 unspecified atom stereocenters. The lowest BCUT2D eigenvalue weighted by Gasteiger charge is -2.04. The number of benzene rings is 1. The summed E-state index contributed by atoms with van der Waals surface area (Å²) in [6, 6.07) is 6.56. The van der Waals surface area contributed by atoms with E-state index in [-0.39, 0.29) is 17.6 Å². The molecule has 2 rings (SSSR count). The molecular weight excluding hydrogens is 207 g/mol. The molecule has 0 fully saturated rings. The lowest BCUT2D eigenvalue weighted by Crippen LogP contribution is -1.99. The van der Waals surface area contributed by atoms with Crippen molar-refractivity contribution in [3.63, 3.8) is 0 Å². The van der Waals surface area contributed by atoms with Gasteiger partial charge in [-0.15, -0.1) is 0 Å². The molecule has 0 N–H and O–H groups in total. The minimum atomic E-state index is -0.375. The lowest BCUT2D eigenvalue weighted by molar-refractivity contribution is 0.440. The highest BCUT2D eigenvalue weighted by molar-refractivity contribution is 5.29. The molecule has 0 saturated heterocycles. The highest BCUT2D eigenvalue weighted by atomic mass is 19.1. The number of aromatic nitrogens is 2. The Morgan fingerprint density at radius 2 is 2.06 bits per heavy atom. The van der Waals surface area contributed by atoms with Crippen molar-refractivity contribution in [3.05, 3.63) is 42.5 Å². The van der Waals surface area contributed by atoms with Crippen LogP contribution in [0.2, 0.25) is 0 Å². The molecule has 16 heavy (non-hydrogen) atoms. The van der Waals surface area contributed by atoms with Crippen LogP contribution in [0.1, 0.15) is 19.9 Å². The summed E-state index contributed by atoms with van der Waals surface area (Å²) >= 11 is 0. The normalized spacial score (nSPS) is 10.8. The molecule has 84 valence electrons. The maximum Gasteiger partial charge on any atom is 0.165 e. The average molecular weight is 220 g/mol. The number of nitrogens with zero attached hydrogens (tertiary/aromatic N) is 2. The fraction of sp³-hybridized carbons (Fsp3) is 0.250. The molecule has 0 aliphatic rings. The molecule has 0 aliphatic carbocycles. The standard InChI is InChI=1S/C12H13FN2O/c1-9(2)15-8-10(7-14-15)16-12-6-4-3-5-11(12)13/h3-9H,1-2H3. The molecule has 1 aromatic heterocycles. The van der Waals surface area contributed by atoms with E-state index in [2.05, 4.69) is 5.10 Å². The van der Waals surface area contributed by atoms with Crippen molar-refractivity contribution in [1.82, 2.24) is 9.78 Å². The third kappa shape index (κ3) is 2.21. The molecule has 0 atom stereocenters. The Morgan fingerprint density at radius 3 is 2.69 bits per heavy atom. The van der Waals surface area contributed by atoms with Crippen LogP contribution in [0.3, 0.4) is 0 Å². The van der Waals surface area contributed by atoms with Gasteiger partial charge in [0, 0.05) is 6.04 Å². The van der Waals surface area contributed by atoms with E-state index in [9.17, 15) is 4.39 Å². The summed E-state index contributed by atoms with van der Waals surface area (Å²) in [5, 5.41) is 4.11. The fourth-order valence-corrected chi connectivity index (χ4v) is 1.31. The molecule has 0 aliphatic heterocycles. The number of hydrogen-bond acceptors (Lipinski definition) is 2. The molecule has 2 aromatic rings. The van der Waals surface area contributed by atoms with Crippen LogP contribution in [0, 0.1) is 5.82 Å². The van der Waals surface area contributed by atoms with Crippen LogP contribution in [-0.4, -0.2) is 9.78 Å². The third-order valence-corrected chi connectivity index (χ3v) is 2.17. The Labute approximate surface area is 93.5 Å². The minimum Gasteiger partial charge on any atom is -0.451 e. The summed E-state index contributed by atoms with van der Waals surface area (Å²) in [4.78, 5) is 0. The van der Waals surface area contributed by atoms with Crippen LogP contribution < -0.4 is 4.74 Å². The summed E-state index contributed by atoms with van der Waals surface area (Å²) in [5.41, 5.74) is 0. The van der Waals surface area contributed by atoms with Gasteiger partial charge in [-0.05, 0) is 26.0 Å². The smallest absolute Gasteiger partial charge is 0.165 e. The van der Waals surface area contributed by atoms with Crippen LogP contribution in [0.5, 0.6) is 11.5 Å². The molecule has 1 heterocycles. The Balaban J connectivity index is 2.18. The van der Waals surface area contributed by atoms with E-state index in [4.69, 9.17) is 4.74 Å². The Bertz CT molecular complexity index is 479. The van der Waals surface area contributed by atoms with Gasteiger partial charge in [-0.25, -0.2) is 4.39 Å². The highest BCUT2D eigenvalue weighted by Crippen LogP contribution is 2.23. The van der Waals surface area contributed by atoms with Gasteiger partial charge in [0.15, 0.2) is 17.3 Å². The van der Waals surface area contributed by atoms with Crippen LogP contribution in [0.25, 0.3) is 0 Å². The van der Waals surface area contributed by atoms with Gasteiger partial charge in [0.05, 0.1) is 12.4 Å².